The van der Waals surface area contributed by atoms with Crippen molar-refractivity contribution in [3.63, 3.8) is 0 Å². The molecule has 1 aliphatic rings. The average Bonchev–Trinajstić information content (AvgIpc) is 3.15. The molecule has 0 radical (unpaired) electrons. The third-order valence-electron chi connectivity index (χ3n) is 10.5. The number of benzene rings is 6. The van der Waals surface area contributed by atoms with E-state index >= 15 is 0 Å². The van der Waals surface area contributed by atoms with Gasteiger partial charge in [0.2, 0.25) is 0 Å². The molecule has 0 saturated carbocycles. The molecular weight excluding hydrogens is 583 g/mol. The first kappa shape index (κ1) is 29.7. The molecule has 3 nitrogen and oxygen atoms in total. The van der Waals surface area contributed by atoms with Gasteiger partial charge in [0.25, 0.3) is 0 Å². The summed E-state index contributed by atoms with van der Waals surface area (Å²) in [6.45, 7) is 9.48. The summed E-state index contributed by atoms with van der Waals surface area (Å²) in [6.07, 6.45) is 0. The summed E-state index contributed by atoms with van der Waals surface area (Å²) in [5, 5.41) is 0. The van der Waals surface area contributed by atoms with Crippen molar-refractivity contribution in [1.29, 1.82) is 0 Å². The zero-order valence-corrected chi connectivity index (χ0v) is 27.8. The van der Waals surface area contributed by atoms with Gasteiger partial charge in [-0.25, -0.2) is 15.0 Å². The zero-order valence-electron chi connectivity index (χ0n) is 27.8. The van der Waals surface area contributed by atoms with E-state index < -0.39 is 0 Å². The van der Waals surface area contributed by atoms with Crippen molar-refractivity contribution in [2.45, 2.75) is 38.5 Å². The number of hydrogen-bond donors (Lipinski definition) is 0. The normalized spacial score (nSPS) is 14.2. The summed E-state index contributed by atoms with van der Waals surface area (Å²) in [7, 11) is 0. The zero-order chi connectivity index (χ0) is 32.9. The molecule has 0 saturated heterocycles. The van der Waals surface area contributed by atoms with Crippen LogP contribution in [0.15, 0.2) is 152 Å². The topological polar surface area (TPSA) is 38.7 Å². The van der Waals surface area contributed by atoms with Crippen LogP contribution in [0.4, 0.5) is 0 Å². The lowest BCUT2D eigenvalue weighted by Gasteiger charge is -2.48. The molecule has 0 aliphatic heterocycles. The van der Waals surface area contributed by atoms with Crippen LogP contribution in [-0.2, 0) is 10.8 Å². The molecule has 0 bridgehead atoms. The summed E-state index contributed by atoms with van der Waals surface area (Å²) in [5.41, 5.74) is 12.7. The van der Waals surface area contributed by atoms with Crippen LogP contribution in [0.5, 0.6) is 0 Å². The van der Waals surface area contributed by atoms with E-state index in [2.05, 4.69) is 155 Å². The summed E-state index contributed by atoms with van der Waals surface area (Å²) in [5.74, 6) is 1.98. The monoisotopic (exact) mass is 619 g/mol. The maximum atomic E-state index is 5.11. The Morgan fingerprint density at radius 3 is 1.12 bits per heavy atom. The highest BCUT2D eigenvalue weighted by Gasteiger charge is 2.46. The van der Waals surface area contributed by atoms with E-state index in [1.807, 2.05) is 24.3 Å². The van der Waals surface area contributed by atoms with Gasteiger partial charge in [0.15, 0.2) is 17.5 Å². The van der Waals surface area contributed by atoms with Crippen LogP contribution < -0.4 is 0 Å². The molecule has 8 rings (SSSR count). The lowest BCUT2D eigenvalue weighted by molar-refractivity contribution is 0.299. The molecule has 6 aromatic carbocycles. The predicted octanol–water partition coefficient (Wildman–Crippen LogP) is 11.4. The van der Waals surface area contributed by atoms with Gasteiger partial charge < -0.3 is 0 Å². The lowest BCUT2D eigenvalue weighted by Crippen LogP contribution is -2.43. The van der Waals surface area contributed by atoms with E-state index in [4.69, 9.17) is 15.0 Å². The first-order chi connectivity index (χ1) is 23.3. The van der Waals surface area contributed by atoms with E-state index in [-0.39, 0.29) is 10.8 Å². The molecule has 232 valence electrons. The van der Waals surface area contributed by atoms with Crippen LogP contribution in [0.25, 0.3) is 67.5 Å². The summed E-state index contributed by atoms with van der Waals surface area (Å²) >= 11 is 0. The van der Waals surface area contributed by atoms with Crippen LogP contribution >= 0.6 is 0 Å². The Kier molecular flexibility index (Phi) is 7.14. The highest BCUT2D eigenvalue weighted by molar-refractivity contribution is 5.84. The molecule has 0 unspecified atom stereocenters. The number of aromatic nitrogens is 3. The molecule has 0 atom stereocenters. The van der Waals surface area contributed by atoms with E-state index in [1.165, 1.54) is 38.9 Å². The Labute approximate surface area is 283 Å². The molecule has 1 aliphatic carbocycles. The second-order valence-corrected chi connectivity index (χ2v) is 13.8. The van der Waals surface area contributed by atoms with Gasteiger partial charge in [0.05, 0.1) is 0 Å². The van der Waals surface area contributed by atoms with Crippen molar-refractivity contribution < 1.29 is 0 Å². The molecule has 1 aromatic heterocycles. The van der Waals surface area contributed by atoms with Crippen molar-refractivity contribution in [3.8, 4) is 67.5 Å². The standard InChI is InChI=1S/C45H37N3/c1-44(2)39-26-24-35(31-16-10-6-11-17-31)28-37(39)38-29-36(25-27-40(38)45(44,3)4)43-47-41(33-18-12-7-13-19-33)46-42(48-43)34-22-20-32(21-23-34)30-14-8-5-9-15-30/h5-29H,1-4H3. The van der Waals surface area contributed by atoms with Crippen LogP contribution in [-0.4, -0.2) is 15.0 Å². The Morgan fingerprint density at radius 1 is 0.312 bits per heavy atom. The van der Waals surface area contributed by atoms with Gasteiger partial charge in [0.1, 0.15) is 0 Å². The quantitative estimate of drug-likeness (QED) is 0.192. The molecule has 3 heteroatoms. The highest BCUT2D eigenvalue weighted by Crippen LogP contribution is 2.54. The number of fused-ring (bicyclic) bond motifs is 3. The summed E-state index contributed by atoms with van der Waals surface area (Å²) < 4.78 is 0. The third kappa shape index (κ3) is 5.03. The first-order valence-electron chi connectivity index (χ1n) is 16.6. The molecular formula is C45H37N3. The van der Waals surface area contributed by atoms with Gasteiger partial charge in [-0.05, 0) is 67.5 Å². The largest absolute Gasteiger partial charge is 0.208 e. The summed E-state index contributed by atoms with van der Waals surface area (Å²) in [6, 6.07) is 53.5. The van der Waals surface area contributed by atoms with Crippen molar-refractivity contribution in [2.24, 2.45) is 0 Å². The van der Waals surface area contributed by atoms with Crippen LogP contribution in [0, 0.1) is 0 Å². The lowest BCUT2D eigenvalue weighted by atomic mass is 9.55. The molecule has 0 fully saturated rings. The second-order valence-electron chi connectivity index (χ2n) is 13.8. The minimum Gasteiger partial charge on any atom is -0.208 e. The van der Waals surface area contributed by atoms with Crippen LogP contribution in [0.1, 0.15) is 38.8 Å². The number of nitrogens with zero attached hydrogens (tertiary/aromatic N) is 3. The van der Waals surface area contributed by atoms with Crippen molar-refractivity contribution in [1.82, 2.24) is 15.0 Å². The summed E-state index contributed by atoms with van der Waals surface area (Å²) in [4.78, 5) is 15.2. The number of rotatable bonds is 5. The minimum absolute atomic E-state index is 0.0706. The maximum Gasteiger partial charge on any atom is 0.164 e. The Morgan fingerprint density at radius 2 is 0.625 bits per heavy atom. The van der Waals surface area contributed by atoms with Crippen LogP contribution in [0.3, 0.4) is 0 Å². The smallest absolute Gasteiger partial charge is 0.164 e. The molecule has 1 heterocycles. The Bertz CT molecular complexity index is 2250. The van der Waals surface area contributed by atoms with Gasteiger partial charge in [-0.3, -0.25) is 0 Å². The van der Waals surface area contributed by atoms with E-state index in [0.717, 1.165) is 22.3 Å². The van der Waals surface area contributed by atoms with Gasteiger partial charge in [-0.15, -0.1) is 0 Å². The Hall–Kier alpha value is -5.67. The molecule has 7 aromatic rings. The number of hydrogen-bond acceptors (Lipinski definition) is 3. The molecule has 0 amide bonds. The van der Waals surface area contributed by atoms with Crippen molar-refractivity contribution in [3.05, 3.63) is 163 Å². The van der Waals surface area contributed by atoms with Crippen LogP contribution in [0.2, 0.25) is 0 Å². The molecule has 48 heavy (non-hydrogen) atoms. The van der Waals surface area contributed by atoms with E-state index in [0.29, 0.717) is 17.5 Å². The third-order valence-corrected chi connectivity index (χ3v) is 10.5. The fraction of sp³-hybridized carbons (Fsp3) is 0.133. The van der Waals surface area contributed by atoms with Gasteiger partial charge in [0, 0.05) is 16.7 Å². The average molecular weight is 620 g/mol. The molecule has 0 N–H and O–H groups in total. The fourth-order valence-electron chi connectivity index (χ4n) is 7.04. The second kappa shape index (κ2) is 11.5. The van der Waals surface area contributed by atoms with E-state index in [1.54, 1.807) is 0 Å². The van der Waals surface area contributed by atoms with E-state index in [9.17, 15) is 0 Å². The highest BCUT2D eigenvalue weighted by atomic mass is 15.0. The van der Waals surface area contributed by atoms with Gasteiger partial charge in [-0.1, -0.05) is 167 Å². The van der Waals surface area contributed by atoms with Crippen molar-refractivity contribution in [2.75, 3.05) is 0 Å². The maximum absolute atomic E-state index is 5.11. The molecule has 0 spiro atoms. The van der Waals surface area contributed by atoms with Gasteiger partial charge >= 0.3 is 0 Å². The minimum atomic E-state index is -0.0952. The fourth-order valence-corrected chi connectivity index (χ4v) is 7.04. The predicted molar refractivity (Wildman–Crippen MR) is 198 cm³/mol. The Balaban J connectivity index is 1.29. The van der Waals surface area contributed by atoms with Crippen molar-refractivity contribution >= 4 is 0 Å². The SMILES string of the molecule is CC1(C)c2ccc(-c3ccccc3)cc2-c2cc(-c3nc(-c4ccccc4)nc(-c4ccc(-c5ccccc5)cc4)n3)ccc2C1(C)C. The van der Waals surface area contributed by atoms with Gasteiger partial charge in [-0.2, -0.15) is 0 Å². The first-order valence-corrected chi connectivity index (χ1v) is 16.6.